The first-order valence-corrected chi connectivity index (χ1v) is 6.19. The number of hydrogen-bond donors (Lipinski definition) is 1. The molecule has 98 valence electrons. The zero-order valence-electron chi connectivity index (χ0n) is 10.6. The number of hydrogen-bond acceptors (Lipinski definition) is 4. The van der Waals surface area contributed by atoms with Crippen LogP contribution in [0.25, 0.3) is 0 Å². The fraction of sp³-hybridized carbons (Fsp3) is 0.833. The molecule has 0 saturated carbocycles. The Hall–Kier alpha value is -1.10. The first-order valence-electron chi connectivity index (χ1n) is 6.19. The van der Waals surface area contributed by atoms with Crippen molar-refractivity contribution in [2.45, 2.75) is 51.1 Å². The Bertz CT molecular complexity index is 279. The lowest BCUT2D eigenvalue weighted by Crippen LogP contribution is -2.41. The molecule has 1 aliphatic rings. The summed E-state index contributed by atoms with van der Waals surface area (Å²) < 4.78 is 4.70. The van der Waals surface area contributed by atoms with E-state index in [2.05, 4.69) is 0 Å². The Morgan fingerprint density at radius 3 is 2.82 bits per heavy atom. The van der Waals surface area contributed by atoms with Crippen LogP contribution in [0.3, 0.4) is 0 Å². The van der Waals surface area contributed by atoms with Crippen LogP contribution < -0.4 is 5.73 Å². The van der Waals surface area contributed by atoms with E-state index in [1.165, 1.54) is 7.11 Å². The van der Waals surface area contributed by atoms with Crippen molar-refractivity contribution in [3.8, 4) is 0 Å². The summed E-state index contributed by atoms with van der Waals surface area (Å²) in [7, 11) is 1.36. The van der Waals surface area contributed by atoms with E-state index in [4.69, 9.17) is 10.5 Å². The highest BCUT2D eigenvalue weighted by atomic mass is 16.5. The predicted octanol–water partition coefficient (Wildman–Crippen LogP) is 0.668. The van der Waals surface area contributed by atoms with Crippen LogP contribution in [0.4, 0.5) is 0 Å². The van der Waals surface area contributed by atoms with E-state index < -0.39 is 0 Å². The van der Waals surface area contributed by atoms with Gasteiger partial charge >= 0.3 is 5.97 Å². The monoisotopic (exact) mass is 242 g/mol. The molecule has 0 radical (unpaired) electrons. The maximum absolute atomic E-state index is 11.9. The third kappa shape index (κ3) is 4.00. The summed E-state index contributed by atoms with van der Waals surface area (Å²) in [6.45, 7) is 2.59. The summed E-state index contributed by atoms with van der Waals surface area (Å²) in [5, 5.41) is 0. The molecule has 2 atom stereocenters. The second-order valence-corrected chi connectivity index (χ2v) is 4.64. The summed E-state index contributed by atoms with van der Waals surface area (Å²) in [6, 6.07) is -0.249. The molecule has 0 aromatic rings. The molecule has 0 aliphatic carbocycles. The maximum atomic E-state index is 11.9. The summed E-state index contributed by atoms with van der Waals surface area (Å²) in [5.74, 6) is -0.262. The van der Waals surface area contributed by atoms with Crippen LogP contribution in [-0.4, -0.2) is 42.5 Å². The molecule has 0 aromatic heterocycles. The smallest absolute Gasteiger partial charge is 0.328 e. The van der Waals surface area contributed by atoms with Crippen molar-refractivity contribution >= 4 is 11.9 Å². The number of amides is 1. The molecule has 1 saturated heterocycles. The number of methoxy groups -OCH3 is 1. The fourth-order valence-electron chi connectivity index (χ4n) is 2.17. The Morgan fingerprint density at radius 2 is 2.24 bits per heavy atom. The lowest BCUT2D eigenvalue weighted by Gasteiger charge is -2.22. The van der Waals surface area contributed by atoms with Crippen LogP contribution in [0.5, 0.6) is 0 Å². The number of esters is 1. The average molecular weight is 242 g/mol. The normalized spacial score (nSPS) is 21.4. The van der Waals surface area contributed by atoms with Crippen LogP contribution in [0.1, 0.15) is 39.0 Å². The van der Waals surface area contributed by atoms with Crippen molar-refractivity contribution in [1.29, 1.82) is 0 Å². The lowest BCUT2D eigenvalue weighted by atomic mass is 10.1. The van der Waals surface area contributed by atoms with Crippen LogP contribution in [-0.2, 0) is 14.3 Å². The summed E-state index contributed by atoms with van der Waals surface area (Å²) in [5.41, 5.74) is 5.63. The molecule has 1 aliphatic heterocycles. The van der Waals surface area contributed by atoms with E-state index in [0.29, 0.717) is 19.4 Å². The number of nitrogens with zero attached hydrogens (tertiary/aromatic N) is 1. The molecule has 5 nitrogen and oxygen atoms in total. The highest BCUT2D eigenvalue weighted by Gasteiger charge is 2.34. The molecule has 0 aromatic carbocycles. The lowest BCUT2D eigenvalue weighted by molar-refractivity contribution is -0.151. The van der Waals surface area contributed by atoms with Gasteiger partial charge in [0, 0.05) is 19.0 Å². The van der Waals surface area contributed by atoms with E-state index in [0.717, 1.165) is 19.3 Å². The molecule has 1 rings (SSSR count). The topological polar surface area (TPSA) is 72.6 Å². The summed E-state index contributed by atoms with van der Waals surface area (Å²) >= 11 is 0. The van der Waals surface area contributed by atoms with Gasteiger partial charge in [-0.1, -0.05) is 0 Å². The van der Waals surface area contributed by atoms with Gasteiger partial charge in [-0.25, -0.2) is 4.79 Å². The standard InChI is InChI=1S/C12H22N2O3/c1-9(13)5-3-7-11(15)14-8-4-6-10(14)12(16)17-2/h9-10H,3-8,13H2,1-2H3. The Balaban J connectivity index is 2.42. The zero-order chi connectivity index (χ0) is 12.8. The minimum Gasteiger partial charge on any atom is -0.467 e. The number of carbonyl (C=O) groups excluding carboxylic acids is 2. The summed E-state index contributed by atoms with van der Waals surface area (Å²) in [4.78, 5) is 25.1. The predicted molar refractivity (Wildman–Crippen MR) is 64.3 cm³/mol. The Kier molecular flexibility index (Phi) is 5.41. The number of ether oxygens (including phenoxy) is 1. The second-order valence-electron chi connectivity index (χ2n) is 4.64. The van der Waals surface area contributed by atoms with E-state index in [1.807, 2.05) is 6.92 Å². The molecule has 0 bridgehead atoms. The van der Waals surface area contributed by atoms with Gasteiger partial charge in [0.15, 0.2) is 0 Å². The van der Waals surface area contributed by atoms with Gasteiger partial charge < -0.3 is 15.4 Å². The number of nitrogens with two attached hydrogens (primary N) is 1. The van der Waals surface area contributed by atoms with Gasteiger partial charge in [-0.05, 0) is 32.6 Å². The van der Waals surface area contributed by atoms with Crippen molar-refractivity contribution in [2.75, 3.05) is 13.7 Å². The van der Waals surface area contributed by atoms with Crippen LogP contribution >= 0.6 is 0 Å². The molecule has 2 N–H and O–H groups in total. The number of carbonyl (C=O) groups is 2. The van der Waals surface area contributed by atoms with Gasteiger partial charge in [-0.15, -0.1) is 0 Å². The first kappa shape index (κ1) is 14.0. The molecule has 2 unspecified atom stereocenters. The van der Waals surface area contributed by atoms with Crippen molar-refractivity contribution in [1.82, 2.24) is 4.90 Å². The number of rotatable bonds is 5. The van der Waals surface area contributed by atoms with Gasteiger partial charge in [-0.3, -0.25) is 4.79 Å². The molecule has 1 heterocycles. The van der Waals surface area contributed by atoms with Crippen molar-refractivity contribution in [3.63, 3.8) is 0 Å². The van der Waals surface area contributed by atoms with E-state index in [9.17, 15) is 9.59 Å². The Morgan fingerprint density at radius 1 is 1.53 bits per heavy atom. The van der Waals surface area contributed by atoms with Gasteiger partial charge in [-0.2, -0.15) is 0 Å². The minimum atomic E-state index is -0.372. The first-order chi connectivity index (χ1) is 8.06. The van der Waals surface area contributed by atoms with Gasteiger partial charge in [0.05, 0.1) is 7.11 Å². The third-order valence-corrected chi connectivity index (χ3v) is 3.10. The Labute approximate surface area is 102 Å². The molecular formula is C12H22N2O3. The second kappa shape index (κ2) is 6.59. The largest absolute Gasteiger partial charge is 0.467 e. The van der Waals surface area contributed by atoms with Crippen LogP contribution in [0, 0.1) is 0 Å². The highest BCUT2D eigenvalue weighted by molar-refractivity contribution is 5.85. The SMILES string of the molecule is COC(=O)C1CCCN1C(=O)CCCC(C)N. The van der Waals surface area contributed by atoms with E-state index in [1.54, 1.807) is 4.90 Å². The van der Waals surface area contributed by atoms with Gasteiger partial charge in [0.1, 0.15) is 6.04 Å². The number of likely N-dealkylation sites (tertiary alicyclic amines) is 1. The van der Waals surface area contributed by atoms with Crippen LogP contribution in [0.15, 0.2) is 0 Å². The highest BCUT2D eigenvalue weighted by Crippen LogP contribution is 2.20. The molecule has 1 amide bonds. The molecule has 0 spiro atoms. The third-order valence-electron chi connectivity index (χ3n) is 3.10. The van der Waals surface area contributed by atoms with Gasteiger partial charge in [0.25, 0.3) is 0 Å². The quantitative estimate of drug-likeness (QED) is 0.719. The molecule has 5 heteroatoms. The van der Waals surface area contributed by atoms with Crippen molar-refractivity contribution in [3.05, 3.63) is 0 Å². The molecule has 17 heavy (non-hydrogen) atoms. The fourth-order valence-corrected chi connectivity index (χ4v) is 2.17. The molecular weight excluding hydrogens is 220 g/mol. The van der Waals surface area contributed by atoms with E-state index in [-0.39, 0.29) is 24.0 Å². The average Bonchev–Trinajstić information content (AvgIpc) is 2.76. The van der Waals surface area contributed by atoms with Gasteiger partial charge in [0.2, 0.25) is 5.91 Å². The maximum Gasteiger partial charge on any atom is 0.328 e. The van der Waals surface area contributed by atoms with Crippen molar-refractivity contribution < 1.29 is 14.3 Å². The zero-order valence-corrected chi connectivity index (χ0v) is 10.6. The summed E-state index contributed by atoms with van der Waals surface area (Å²) in [6.07, 6.45) is 3.67. The minimum absolute atomic E-state index is 0.0403. The van der Waals surface area contributed by atoms with E-state index >= 15 is 0 Å². The molecule has 1 fully saturated rings. The van der Waals surface area contributed by atoms with Crippen molar-refractivity contribution in [2.24, 2.45) is 5.73 Å². The van der Waals surface area contributed by atoms with Crippen LogP contribution in [0.2, 0.25) is 0 Å².